The summed E-state index contributed by atoms with van der Waals surface area (Å²) in [5, 5.41) is 0.315. The van der Waals surface area contributed by atoms with Crippen LogP contribution in [0.4, 0.5) is 8.78 Å². The first kappa shape index (κ1) is 16.2. The molecule has 0 N–H and O–H groups in total. The van der Waals surface area contributed by atoms with Gasteiger partial charge in [0.1, 0.15) is 11.6 Å². The van der Waals surface area contributed by atoms with Gasteiger partial charge in [-0.3, -0.25) is 0 Å². The summed E-state index contributed by atoms with van der Waals surface area (Å²) in [6.07, 6.45) is 1.22. The average Bonchev–Trinajstić information content (AvgIpc) is 3.40. The molecule has 0 amide bonds. The van der Waals surface area contributed by atoms with Gasteiger partial charge < -0.3 is 4.74 Å². The van der Waals surface area contributed by atoms with Crippen molar-refractivity contribution >= 4 is 11.6 Å². The van der Waals surface area contributed by atoms with Gasteiger partial charge in [0, 0.05) is 22.6 Å². The van der Waals surface area contributed by atoms with E-state index in [1.807, 2.05) is 24.3 Å². The summed E-state index contributed by atoms with van der Waals surface area (Å²) in [4.78, 5) is 0. The number of halogens is 3. The Balaban J connectivity index is 1.62. The smallest absolute Gasteiger partial charge is 0.132 e. The molecule has 1 aliphatic heterocycles. The second-order valence-corrected chi connectivity index (χ2v) is 6.61. The van der Waals surface area contributed by atoms with Gasteiger partial charge in [-0.2, -0.15) is 0 Å². The molecule has 1 nitrogen and oxygen atoms in total. The van der Waals surface area contributed by atoms with Crippen LogP contribution in [0.15, 0.2) is 60.7 Å². The van der Waals surface area contributed by atoms with E-state index in [2.05, 4.69) is 0 Å². The summed E-state index contributed by atoms with van der Waals surface area (Å²) in [6.45, 7) is 0.819. The molecule has 25 heavy (non-hydrogen) atoms. The van der Waals surface area contributed by atoms with Crippen molar-refractivity contribution in [1.82, 2.24) is 0 Å². The van der Waals surface area contributed by atoms with Crippen LogP contribution in [0.1, 0.15) is 5.56 Å². The van der Waals surface area contributed by atoms with Crippen LogP contribution in [-0.2, 0) is 11.2 Å². The highest BCUT2D eigenvalue weighted by molar-refractivity contribution is 6.30. The normalized spacial score (nSPS) is 16.0. The van der Waals surface area contributed by atoms with Crippen LogP contribution in [0.3, 0.4) is 0 Å². The van der Waals surface area contributed by atoms with E-state index in [9.17, 15) is 8.78 Å². The van der Waals surface area contributed by atoms with Gasteiger partial charge in [0.15, 0.2) is 0 Å². The molecule has 0 saturated carbocycles. The van der Waals surface area contributed by atoms with Crippen molar-refractivity contribution in [2.45, 2.75) is 12.5 Å². The molecule has 4 rings (SSSR count). The Hall–Kier alpha value is -2.23. The number of hydrogen-bond donors (Lipinski definition) is 0. The summed E-state index contributed by atoms with van der Waals surface area (Å²) >= 11 is 5.77. The van der Waals surface area contributed by atoms with Crippen molar-refractivity contribution in [2.24, 2.45) is 0 Å². The number of ether oxygens (including phenoxy) is 1. The molecule has 3 aromatic carbocycles. The van der Waals surface area contributed by atoms with Crippen LogP contribution < -0.4 is 0 Å². The topological polar surface area (TPSA) is 12.5 Å². The Morgan fingerprint density at radius 3 is 2.08 bits per heavy atom. The average molecular weight is 357 g/mol. The van der Waals surface area contributed by atoms with Gasteiger partial charge in [0.2, 0.25) is 0 Å². The second kappa shape index (κ2) is 6.58. The number of hydrogen-bond acceptors (Lipinski definition) is 1. The number of benzene rings is 3. The zero-order valence-corrected chi connectivity index (χ0v) is 14.1. The standard InChI is InChI=1S/C21H15ClF2O/c22-16-6-8-19(21(24)11-16)15-5-7-18(20(23)10-15)14-3-1-13(2-4-14)9-17-12-25-17/h1-8,10-11,17H,9,12H2. The fourth-order valence-electron chi connectivity index (χ4n) is 2.91. The van der Waals surface area contributed by atoms with E-state index in [-0.39, 0.29) is 5.82 Å². The molecule has 1 unspecified atom stereocenters. The minimum absolute atomic E-state index is 0.315. The van der Waals surface area contributed by atoms with Crippen molar-refractivity contribution in [1.29, 1.82) is 0 Å². The molecule has 1 heterocycles. The van der Waals surface area contributed by atoms with Crippen LogP contribution in [0.2, 0.25) is 5.02 Å². The highest BCUT2D eigenvalue weighted by atomic mass is 35.5. The van der Waals surface area contributed by atoms with Crippen molar-refractivity contribution in [3.05, 3.63) is 82.9 Å². The van der Waals surface area contributed by atoms with Gasteiger partial charge in [-0.05, 0) is 41.0 Å². The largest absolute Gasteiger partial charge is 0.373 e. The van der Waals surface area contributed by atoms with Crippen LogP contribution >= 0.6 is 11.6 Å². The Morgan fingerprint density at radius 1 is 0.840 bits per heavy atom. The minimum atomic E-state index is -0.466. The third-order valence-corrected chi connectivity index (χ3v) is 4.58. The predicted molar refractivity (Wildman–Crippen MR) is 95.7 cm³/mol. The van der Waals surface area contributed by atoms with E-state index in [0.717, 1.165) is 18.6 Å². The first-order valence-electron chi connectivity index (χ1n) is 8.06. The van der Waals surface area contributed by atoms with Crippen molar-refractivity contribution in [3.63, 3.8) is 0 Å². The van der Waals surface area contributed by atoms with E-state index < -0.39 is 5.82 Å². The van der Waals surface area contributed by atoms with Crippen LogP contribution in [0.25, 0.3) is 22.3 Å². The maximum Gasteiger partial charge on any atom is 0.132 e. The molecule has 0 aromatic heterocycles. The maximum absolute atomic E-state index is 14.6. The van der Waals surface area contributed by atoms with Gasteiger partial charge in [0.25, 0.3) is 0 Å². The maximum atomic E-state index is 14.6. The van der Waals surface area contributed by atoms with E-state index >= 15 is 0 Å². The van der Waals surface area contributed by atoms with Crippen molar-refractivity contribution < 1.29 is 13.5 Å². The molecule has 0 aliphatic carbocycles. The Morgan fingerprint density at radius 2 is 1.44 bits per heavy atom. The van der Waals surface area contributed by atoms with Crippen LogP contribution in [-0.4, -0.2) is 12.7 Å². The second-order valence-electron chi connectivity index (χ2n) is 6.18. The lowest BCUT2D eigenvalue weighted by Crippen LogP contribution is -1.93. The Kier molecular flexibility index (Phi) is 4.28. The monoisotopic (exact) mass is 356 g/mol. The summed E-state index contributed by atoms with van der Waals surface area (Å²) in [7, 11) is 0. The van der Waals surface area contributed by atoms with Gasteiger partial charge in [0.05, 0.1) is 12.7 Å². The summed E-state index contributed by atoms with van der Waals surface area (Å²) in [5.41, 5.74) is 3.27. The third-order valence-electron chi connectivity index (χ3n) is 4.34. The highest BCUT2D eigenvalue weighted by Crippen LogP contribution is 2.30. The quantitative estimate of drug-likeness (QED) is 0.531. The SMILES string of the molecule is Fc1cc(Cl)ccc1-c1ccc(-c2ccc(CC3CO3)cc2)c(F)c1. The lowest BCUT2D eigenvalue weighted by molar-refractivity contribution is 0.407. The summed E-state index contributed by atoms with van der Waals surface area (Å²) in [6, 6.07) is 16.9. The molecule has 1 atom stereocenters. The zero-order chi connectivity index (χ0) is 17.4. The van der Waals surface area contributed by atoms with E-state index in [1.165, 1.54) is 17.7 Å². The van der Waals surface area contributed by atoms with Gasteiger partial charge in [-0.25, -0.2) is 8.78 Å². The molecule has 0 bridgehead atoms. The summed E-state index contributed by atoms with van der Waals surface area (Å²) in [5.74, 6) is -0.851. The molecular formula is C21H15ClF2O. The lowest BCUT2D eigenvalue weighted by Gasteiger charge is -2.09. The highest BCUT2D eigenvalue weighted by Gasteiger charge is 2.22. The number of rotatable bonds is 4. The molecule has 0 spiro atoms. The number of epoxide rings is 1. The molecule has 1 saturated heterocycles. The lowest BCUT2D eigenvalue weighted by atomic mass is 9.98. The Labute approximate surface area is 149 Å². The molecule has 1 aliphatic rings. The molecular weight excluding hydrogens is 342 g/mol. The zero-order valence-electron chi connectivity index (χ0n) is 13.3. The minimum Gasteiger partial charge on any atom is -0.373 e. The first-order valence-corrected chi connectivity index (χ1v) is 8.44. The van der Waals surface area contributed by atoms with Gasteiger partial charge in [-0.15, -0.1) is 0 Å². The van der Waals surface area contributed by atoms with E-state index in [0.29, 0.717) is 27.8 Å². The summed E-state index contributed by atoms with van der Waals surface area (Å²) < 4.78 is 33.8. The fraction of sp³-hybridized carbons (Fsp3) is 0.143. The molecule has 1 fully saturated rings. The van der Waals surface area contributed by atoms with Gasteiger partial charge >= 0.3 is 0 Å². The Bertz CT molecular complexity index is 918. The molecule has 4 heteroatoms. The third kappa shape index (κ3) is 3.58. The molecule has 126 valence electrons. The van der Waals surface area contributed by atoms with Crippen LogP contribution in [0, 0.1) is 11.6 Å². The van der Waals surface area contributed by atoms with E-state index in [1.54, 1.807) is 24.3 Å². The molecule has 3 aromatic rings. The fourth-order valence-corrected chi connectivity index (χ4v) is 3.07. The predicted octanol–water partition coefficient (Wildman–Crippen LogP) is 5.89. The molecule has 0 radical (unpaired) electrons. The van der Waals surface area contributed by atoms with Crippen molar-refractivity contribution in [2.75, 3.05) is 6.61 Å². The first-order chi connectivity index (χ1) is 12.1. The van der Waals surface area contributed by atoms with Gasteiger partial charge in [-0.1, -0.05) is 48.0 Å². The van der Waals surface area contributed by atoms with E-state index in [4.69, 9.17) is 16.3 Å². The van der Waals surface area contributed by atoms with Crippen molar-refractivity contribution in [3.8, 4) is 22.3 Å². The van der Waals surface area contributed by atoms with Crippen LogP contribution in [0.5, 0.6) is 0 Å².